The van der Waals surface area contributed by atoms with Gasteiger partial charge in [0.1, 0.15) is 11.5 Å². The van der Waals surface area contributed by atoms with Crippen molar-refractivity contribution in [3.8, 4) is 11.5 Å². The van der Waals surface area contributed by atoms with Gasteiger partial charge in [-0.05, 0) is 54.4 Å². The number of benzene rings is 3. The summed E-state index contributed by atoms with van der Waals surface area (Å²) in [4.78, 5) is 0. The predicted octanol–water partition coefficient (Wildman–Crippen LogP) is 6.76. The van der Waals surface area contributed by atoms with E-state index in [4.69, 9.17) is 26.2 Å². The zero-order valence-corrected chi connectivity index (χ0v) is 18.3. The third-order valence-electron chi connectivity index (χ3n) is 5.81. The van der Waals surface area contributed by atoms with Crippen LogP contribution in [0.2, 0.25) is 5.02 Å². The average molecular weight is 433 g/mol. The highest BCUT2D eigenvalue weighted by Gasteiger charge is 2.40. The number of para-hydroxylation sites is 1. The van der Waals surface area contributed by atoms with Gasteiger partial charge in [-0.1, -0.05) is 55.3 Å². The van der Waals surface area contributed by atoms with Gasteiger partial charge >= 0.3 is 0 Å². The molecule has 0 unspecified atom stereocenters. The molecule has 5 heteroatoms. The van der Waals surface area contributed by atoms with Crippen LogP contribution in [-0.2, 0) is 0 Å². The van der Waals surface area contributed by atoms with Crippen LogP contribution in [0.3, 0.4) is 0 Å². The Bertz CT molecular complexity index is 1080. The molecule has 3 aromatic rings. The van der Waals surface area contributed by atoms with Crippen molar-refractivity contribution in [3.05, 3.63) is 94.5 Å². The summed E-state index contributed by atoms with van der Waals surface area (Å²) in [7, 11) is 0. The number of ether oxygens (including phenoxy) is 2. The molecular formula is C26H25ClN2O2. The molecule has 0 bridgehead atoms. The lowest BCUT2D eigenvalue weighted by Gasteiger charge is -2.38. The maximum absolute atomic E-state index is 6.43. The Morgan fingerprint density at radius 2 is 1.81 bits per heavy atom. The number of hydrazone groups is 1. The van der Waals surface area contributed by atoms with E-state index in [1.54, 1.807) is 0 Å². The normalized spacial score (nSPS) is 19.3. The molecule has 0 aliphatic carbocycles. The fourth-order valence-corrected chi connectivity index (χ4v) is 4.26. The van der Waals surface area contributed by atoms with Crippen LogP contribution in [-0.4, -0.2) is 17.3 Å². The fraction of sp³-hybridized carbons (Fsp3) is 0.269. The second-order valence-electron chi connectivity index (χ2n) is 7.93. The molecule has 2 aliphatic heterocycles. The first-order valence-electron chi connectivity index (χ1n) is 10.8. The van der Waals surface area contributed by atoms with Crippen LogP contribution in [0.15, 0.2) is 77.9 Å². The van der Waals surface area contributed by atoms with E-state index in [0.717, 1.165) is 59.2 Å². The van der Waals surface area contributed by atoms with Gasteiger partial charge in [-0.2, -0.15) is 5.10 Å². The molecule has 31 heavy (non-hydrogen) atoms. The zero-order chi connectivity index (χ0) is 21.2. The van der Waals surface area contributed by atoms with Crippen molar-refractivity contribution in [1.82, 2.24) is 5.01 Å². The number of rotatable bonds is 6. The van der Waals surface area contributed by atoms with Gasteiger partial charge < -0.3 is 9.47 Å². The van der Waals surface area contributed by atoms with Gasteiger partial charge in [0.2, 0.25) is 6.23 Å². The number of fused-ring (bicyclic) bond motifs is 3. The minimum absolute atomic E-state index is 0.140. The molecule has 2 aliphatic rings. The summed E-state index contributed by atoms with van der Waals surface area (Å²) >= 11 is 6.08. The smallest absolute Gasteiger partial charge is 0.213 e. The lowest BCUT2D eigenvalue weighted by atomic mass is 9.96. The number of hydrogen-bond donors (Lipinski definition) is 0. The average Bonchev–Trinajstić information content (AvgIpc) is 3.25. The van der Waals surface area contributed by atoms with E-state index in [0.29, 0.717) is 0 Å². The standard InChI is InChI=1S/C26H25ClN2O2/c1-2-3-16-30-21-14-10-19(11-15-21)26-29-24(22-6-4-5-7-25(22)31-26)17-23(28-29)18-8-12-20(27)13-9-18/h4-15,24,26H,2-3,16-17H2,1H3/t24-,26+/m0/s1. The Morgan fingerprint density at radius 1 is 1.03 bits per heavy atom. The van der Waals surface area contributed by atoms with Crippen LogP contribution in [0.5, 0.6) is 11.5 Å². The van der Waals surface area contributed by atoms with E-state index in [-0.39, 0.29) is 12.3 Å². The van der Waals surface area contributed by atoms with Crippen molar-refractivity contribution in [2.45, 2.75) is 38.5 Å². The molecule has 158 valence electrons. The molecule has 2 heterocycles. The van der Waals surface area contributed by atoms with Gasteiger partial charge in [0, 0.05) is 22.6 Å². The summed E-state index contributed by atoms with van der Waals surface area (Å²) in [5.74, 6) is 1.81. The number of hydrogen-bond acceptors (Lipinski definition) is 4. The molecule has 4 nitrogen and oxygen atoms in total. The quantitative estimate of drug-likeness (QED) is 0.403. The minimum atomic E-state index is -0.283. The summed E-state index contributed by atoms with van der Waals surface area (Å²) in [5.41, 5.74) is 4.37. The van der Waals surface area contributed by atoms with Crippen molar-refractivity contribution in [3.63, 3.8) is 0 Å². The highest BCUT2D eigenvalue weighted by Crippen LogP contribution is 2.47. The van der Waals surface area contributed by atoms with E-state index in [9.17, 15) is 0 Å². The molecule has 2 atom stereocenters. The summed E-state index contributed by atoms with van der Waals surface area (Å²) in [6.45, 7) is 2.90. The highest BCUT2D eigenvalue weighted by atomic mass is 35.5. The van der Waals surface area contributed by atoms with Crippen molar-refractivity contribution in [2.75, 3.05) is 6.61 Å². The topological polar surface area (TPSA) is 34.1 Å². The van der Waals surface area contributed by atoms with Gasteiger partial charge in [0.05, 0.1) is 18.4 Å². The Hall–Kier alpha value is -2.98. The molecule has 0 aromatic heterocycles. The number of unbranched alkanes of at least 4 members (excludes halogenated alkanes) is 1. The maximum Gasteiger partial charge on any atom is 0.213 e. The molecule has 3 aromatic carbocycles. The van der Waals surface area contributed by atoms with Crippen molar-refractivity contribution >= 4 is 17.3 Å². The van der Waals surface area contributed by atoms with E-state index in [1.807, 2.05) is 48.5 Å². The van der Waals surface area contributed by atoms with Gasteiger partial charge in [0.25, 0.3) is 0 Å². The predicted molar refractivity (Wildman–Crippen MR) is 124 cm³/mol. The van der Waals surface area contributed by atoms with E-state index >= 15 is 0 Å². The summed E-state index contributed by atoms with van der Waals surface area (Å²) < 4.78 is 12.3. The molecule has 0 fully saturated rings. The van der Waals surface area contributed by atoms with Crippen LogP contribution in [0.25, 0.3) is 0 Å². The Kier molecular flexibility index (Phi) is 5.56. The van der Waals surface area contributed by atoms with Crippen molar-refractivity contribution < 1.29 is 9.47 Å². The second kappa shape index (κ2) is 8.64. The SMILES string of the molecule is CCCCOc1ccc([C@H]2Oc3ccccc3[C@@H]3CC(c4ccc(Cl)cc4)=NN23)cc1. The van der Waals surface area contributed by atoms with Gasteiger partial charge in [-0.25, -0.2) is 5.01 Å². The molecule has 0 saturated heterocycles. The largest absolute Gasteiger partial charge is 0.494 e. The third kappa shape index (κ3) is 4.00. The lowest BCUT2D eigenvalue weighted by molar-refractivity contribution is -0.0190. The first kappa shape index (κ1) is 20.0. The van der Waals surface area contributed by atoms with E-state index in [1.165, 1.54) is 5.56 Å². The van der Waals surface area contributed by atoms with Crippen LogP contribution in [0, 0.1) is 0 Å². The summed E-state index contributed by atoms with van der Waals surface area (Å²) in [5, 5.41) is 7.83. The molecule has 0 N–H and O–H groups in total. The van der Waals surface area contributed by atoms with Crippen LogP contribution < -0.4 is 9.47 Å². The minimum Gasteiger partial charge on any atom is -0.494 e. The fourth-order valence-electron chi connectivity index (χ4n) is 4.13. The van der Waals surface area contributed by atoms with Crippen LogP contribution >= 0.6 is 11.6 Å². The summed E-state index contributed by atoms with van der Waals surface area (Å²) in [6, 6.07) is 24.5. The third-order valence-corrected chi connectivity index (χ3v) is 6.06. The summed E-state index contributed by atoms with van der Waals surface area (Å²) in [6.07, 6.45) is 2.73. The first-order chi connectivity index (χ1) is 15.2. The molecule has 0 radical (unpaired) electrons. The highest BCUT2D eigenvalue weighted by molar-refractivity contribution is 6.30. The Balaban J connectivity index is 1.46. The van der Waals surface area contributed by atoms with Crippen molar-refractivity contribution in [2.24, 2.45) is 5.10 Å². The molecule has 5 rings (SSSR count). The second-order valence-corrected chi connectivity index (χ2v) is 8.37. The molecule has 0 saturated carbocycles. The molecule has 0 amide bonds. The first-order valence-corrected chi connectivity index (χ1v) is 11.2. The number of halogens is 1. The monoisotopic (exact) mass is 432 g/mol. The zero-order valence-electron chi connectivity index (χ0n) is 17.5. The molecule has 0 spiro atoms. The van der Waals surface area contributed by atoms with Gasteiger partial charge in [-0.3, -0.25) is 0 Å². The van der Waals surface area contributed by atoms with Crippen LogP contribution in [0.4, 0.5) is 0 Å². The Labute approximate surface area is 188 Å². The van der Waals surface area contributed by atoms with E-state index in [2.05, 4.69) is 36.2 Å². The van der Waals surface area contributed by atoms with Crippen LogP contribution in [0.1, 0.15) is 55.1 Å². The van der Waals surface area contributed by atoms with Gasteiger partial charge in [-0.15, -0.1) is 0 Å². The molecular weight excluding hydrogens is 408 g/mol. The lowest BCUT2D eigenvalue weighted by Crippen LogP contribution is -2.33. The Morgan fingerprint density at radius 3 is 2.58 bits per heavy atom. The number of nitrogens with zero attached hydrogens (tertiary/aromatic N) is 2. The van der Waals surface area contributed by atoms with Gasteiger partial charge in [0.15, 0.2) is 0 Å². The van der Waals surface area contributed by atoms with E-state index < -0.39 is 0 Å². The van der Waals surface area contributed by atoms with Crippen molar-refractivity contribution in [1.29, 1.82) is 0 Å². The maximum atomic E-state index is 6.43.